The summed E-state index contributed by atoms with van der Waals surface area (Å²) in [7, 11) is 0. The summed E-state index contributed by atoms with van der Waals surface area (Å²) in [4.78, 5) is 50.6. The van der Waals surface area contributed by atoms with E-state index in [2.05, 4.69) is 5.43 Å². The quantitative estimate of drug-likeness (QED) is 0.252. The van der Waals surface area contributed by atoms with Crippen molar-refractivity contribution in [1.29, 1.82) is 0 Å². The first-order valence-corrected chi connectivity index (χ1v) is 11.2. The molecular formula is C24H24N4O8. The van der Waals surface area contributed by atoms with Gasteiger partial charge in [0.05, 0.1) is 30.4 Å². The number of rotatable bonds is 8. The Morgan fingerprint density at radius 1 is 1.17 bits per heavy atom. The normalized spacial score (nSPS) is 16.8. The van der Waals surface area contributed by atoms with Crippen LogP contribution in [0.1, 0.15) is 12.5 Å². The zero-order valence-electron chi connectivity index (χ0n) is 19.5. The Kier molecular flexibility index (Phi) is 7.44. The average molecular weight is 496 g/mol. The summed E-state index contributed by atoms with van der Waals surface area (Å²) in [6.45, 7) is 3.06. The molecule has 12 heteroatoms. The second-order valence-electron chi connectivity index (χ2n) is 7.81. The SMILES string of the molecule is CCOc1cc(C=C2C(=O)NN(c3ccccc3)C2=O)cc([N+](=O)[O-])c1OCC(=O)N1CCOCC1. The summed E-state index contributed by atoms with van der Waals surface area (Å²) < 4.78 is 16.3. The molecular weight excluding hydrogens is 472 g/mol. The number of morpholine rings is 1. The lowest BCUT2D eigenvalue weighted by molar-refractivity contribution is -0.385. The average Bonchev–Trinajstić information content (AvgIpc) is 3.17. The van der Waals surface area contributed by atoms with Crippen LogP contribution in [0.4, 0.5) is 11.4 Å². The fraction of sp³-hybridized carbons (Fsp3) is 0.292. The van der Waals surface area contributed by atoms with Crippen LogP contribution in [-0.4, -0.2) is 67.1 Å². The van der Waals surface area contributed by atoms with Gasteiger partial charge in [0, 0.05) is 19.2 Å². The van der Waals surface area contributed by atoms with Crippen LogP contribution in [0.2, 0.25) is 0 Å². The van der Waals surface area contributed by atoms with Crippen molar-refractivity contribution in [1.82, 2.24) is 10.3 Å². The van der Waals surface area contributed by atoms with Crippen LogP contribution in [0.25, 0.3) is 6.08 Å². The number of benzene rings is 2. The molecule has 0 radical (unpaired) electrons. The van der Waals surface area contributed by atoms with Crippen molar-refractivity contribution in [2.45, 2.75) is 6.92 Å². The number of carbonyl (C=O) groups is 3. The topological polar surface area (TPSA) is 141 Å². The van der Waals surface area contributed by atoms with E-state index in [0.717, 1.165) is 11.1 Å². The van der Waals surface area contributed by atoms with Crippen LogP contribution in [0.15, 0.2) is 48.0 Å². The highest BCUT2D eigenvalue weighted by Crippen LogP contribution is 2.39. The zero-order valence-corrected chi connectivity index (χ0v) is 19.5. The maximum Gasteiger partial charge on any atom is 0.315 e. The van der Waals surface area contributed by atoms with Gasteiger partial charge in [-0.3, -0.25) is 29.9 Å². The number of hydrogen-bond acceptors (Lipinski definition) is 8. The Hall–Kier alpha value is -4.45. The number of hydrazine groups is 1. The number of nitrogens with zero attached hydrogens (tertiary/aromatic N) is 3. The van der Waals surface area contributed by atoms with Crippen molar-refractivity contribution in [2.24, 2.45) is 0 Å². The number of nitro groups is 1. The van der Waals surface area contributed by atoms with E-state index >= 15 is 0 Å². The first kappa shape index (κ1) is 24.7. The maximum absolute atomic E-state index is 12.9. The molecule has 0 spiro atoms. The Labute approximate surface area is 206 Å². The summed E-state index contributed by atoms with van der Waals surface area (Å²) in [5, 5.41) is 13.0. The van der Waals surface area contributed by atoms with Gasteiger partial charge in [-0.1, -0.05) is 18.2 Å². The van der Waals surface area contributed by atoms with Crippen molar-refractivity contribution in [3.05, 3.63) is 63.7 Å². The molecule has 0 unspecified atom stereocenters. The molecule has 0 aromatic heterocycles. The van der Waals surface area contributed by atoms with E-state index in [1.54, 1.807) is 42.2 Å². The number of ether oxygens (including phenoxy) is 3. The van der Waals surface area contributed by atoms with Crippen LogP contribution in [-0.2, 0) is 19.1 Å². The molecule has 12 nitrogen and oxygen atoms in total. The van der Waals surface area contributed by atoms with Crippen LogP contribution in [0.5, 0.6) is 11.5 Å². The van der Waals surface area contributed by atoms with E-state index in [4.69, 9.17) is 14.2 Å². The third-order valence-corrected chi connectivity index (χ3v) is 5.47. The molecule has 4 rings (SSSR count). The van der Waals surface area contributed by atoms with E-state index in [0.29, 0.717) is 32.0 Å². The monoisotopic (exact) mass is 496 g/mol. The number of anilines is 1. The molecule has 36 heavy (non-hydrogen) atoms. The lowest BCUT2D eigenvalue weighted by Crippen LogP contribution is -2.43. The number of amides is 3. The number of nitrogens with one attached hydrogen (secondary N) is 1. The van der Waals surface area contributed by atoms with E-state index in [1.807, 2.05) is 0 Å². The van der Waals surface area contributed by atoms with Gasteiger partial charge in [-0.25, -0.2) is 5.01 Å². The molecule has 0 atom stereocenters. The molecule has 2 saturated heterocycles. The summed E-state index contributed by atoms with van der Waals surface area (Å²) in [5.74, 6) is -1.79. The molecule has 188 valence electrons. The number of carbonyl (C=O) groups excluding carboxylic acids is 3. The van der Waals surface area contributed by atoms with Crippen LogP contribution >= 0.6 is 0 Å². The Bertz CT molecular complexity index is 1210. The van der Waals surface area contributed by atoms with Gasteiger partial charge in [0.1, 0.15) is 5.57 Å². The third kappa shape index (κ3) is 5.28. The predicted octanol–water partition coefficient (Wildman–Crippen LogP) is 1.69. The van der Waals surface area contributed by atoms with Gasteiger partial charge in [-0.05, 0) is 36.8 Å². The molecule has 0 aliphatic carbocycles. The molecule has 1 N–H and O–H groups in total. The number of para-hydroxylation sites is 1. The standard InChI is InChI=1S/C24H24N4O8/c1-2-35-20-14-16(12-18-23(30)25-27(24(18)31)17-6-4-3-5-7-17)13-19(28(32)33)22(20)36-15-21(29)26-8-10-34-11-9-26/h3-7,12-14H,2,8-11,15H2,1H3,(H,25,30). The third-order valence-electron chi connectivity index (χ3n) is 5.47. The maximum atomic E-state index is 12.9. The Morgan fingerprint density at radius 3 is 2.56 bits per heavy atom. The second-order valence-corrected chi connectivity index (χ2v) is 7.81. The molecule has 2 heterocycles. The van der Waals surface area contributed by atoms with Crippen molar-refractivity contribution in [3.8, 4) is 11.5 Å². The van der Waals surface area contributed by atoms with Gasteiger partial charge in [-0.15, -0.1) is 0 Å². The van der Waals surface area contributed by atoms with Crippen molar-refractivity contribution >= 4 is 35.2 Å². The van der Waals surface area contributed by atoms with Gasteiger partial charge in [0.2, 0.25) is 5.75 Å². The number of hydrogen-bond donors (Lipinski definition) is 1. The summed E-state index contributed by atoms with van der Waals surface area (Å²) >= 11 is 0. The van der Waals surface area contributed by atoms with E-state index in [1.165, 1.54) is 12.1 Å². The first-order valence-electron chi connectivity index (χ1n) is 11.2. The molecule has 0 bridgehead atoms. The number of nitro benzene ring substituents is 1. The van der Waals surface area contributed by atoms with Crippen LogP contribution in [0, 0.1) is 10.1 Å². The van der Waals surface area contributed by atoms with Crippen molar-refractivity contribution in [3.63, 3.8) is 0 Å². The van der Waals surface area contributed by atoms with Crippen LogP contribution < -0.4 is 19.9 Å². The Balaban J connectivity index is 1.63. The minimum absolute atomic E-state index is 0.0131. The minimum atomic E-state index is -0.675. The molecule has 2 aromatic carbocycles. The molecule has 2 aliphatic rings. The minimum Gasteiger partial charge on any atom is -0.490 e. The smallest absolute Gasteiger partial charge is 0.315 e. The highest BCUT2D eigenvalue weighted by Gasteiger charge is 2.35. The van der Waals surface area contributed by atoms with Gasteiger partial charge >= 0.3 is 5.69 Å². The summed E-state index contributed by atoms with van der Waals surface area (Å²) in [5.41, 5.74) is 2.46. The highest BCUT2D eigenvalue weighted by atomic mass is 16.6. The highest BCUT2D eigenvalue weighted by molar-refractivity contribution is 6.31. The molecule has 2 aromatic rings. The van der Waals surface area contributed by atoms with Crippen LogP contribution in [0.3, 0.4) is 0 Å². The lowest BCUT2D eigenvalue weighted by atomic mass is 10.1. The van der Waals surface area contributed by atoms with E-state index < -0.39 is 29.0 Å². The predicted molar refractivity (Wildman–Crippen MR) is 127 cm³/mol. The fourth-order valence-corrected chi connectivity index (χ4v) is 3.76. The van der Waals surface area contributed by atoms with E-state index in [-0.39, 0.29) is 35.1 Å². The largest absolute Gasteiger partial charge is 0.490 e. The first-order chi connectivity index (χ1) is 17.4. The molecule has 2 fully saturated rings. The summed E-state index contributed by atoms with van der Waals surface area (Å²) in [6, 6.07) is 11.1. The van der Waals surface area contributed by atoms with Crippen molar-refractivity contribution < 1.29 is 33.5 Å². The second kappa shape index (κ2) is 10.9. The summed E-state index contributed by atoms with van der Waals surface area (Å²) in [6.07, 6.45) is 1.25. The van der Waals surface area contributed by atoms with E-state index in [9.17, 15) is 24.5 Å². The molecule has 0 saturated carbocycles. The molecule has 2 aliphatic heterocycles. The Morgan fingerprint density at radius 2 is 1.89 bits per heavy atom. The van der Waals surface area contributed by atoms with Gasteiger partial charge in [0.25, 0.3) is 17.7 Å². The zero-order chi connectivity index (χ0) is 25.7. The van der Waals surface area contributed by atoms with Crippen molar-refractivity contribution in [2.75, 3.05) is 44.5 Å². The fourth-order valence-electron chi connectivity index (χ4n) is 3.76. The van der Waals surface area contributed by atoms with Gasteiger partial charge in [0.15, 0.2) is 12.4 Å². The lowest BCUT2D eigenvalue weighted by Gasteiger charge is -2.26. The van der Waals surface area contributed by atoms with Gasteiger partial charge < -0.3 is 19.1 Å². The molecule has 3 amide bonds. The van der Waals surface area contributed by atoms with Gasteiger partial charge in [-0.2, -0.15) is 0 Å².